The van der Waals surface area contributed by atoms with Crippen LogP contribution >= 0.6 is 0 Å². The van der Waals surface area contributed by atoms with Crippen LogP contribution in [0.5, 0.6) is 0 Å². The van der Waals surface area contributed by atoms with Crippen LogP contribution in [0.3, 0.4) is 0 Å². The average molecular weight is 259 g/mol. The molecule has 8 heteroatoms. The van der Waals surface area contributed by atoms with Crippen molar-refractivity contribution in [3.8, 4) is 0 Å². The summed E-state index contributed by atoms with van der Waals surface area (Å²) >= 11 is 0. The largest absolute Gasteiger partial charge is 0.409 e. The third-order valence-electron chi connectivity index (χ3n) is 3.08. The van der Waals surface area contributed by atoms with Gasteiger partial charge in [0.05, 0.1) is 18.9 Å². The molecule has 0 aliphatic carbocycles. The SMILES string of the molecule is NC(=NO)c1cnc(N2CCn3ccnc3C2)cn1. The van der Waals surface area contributed by atoms with Crippen molar-refractivity contribution in [1.82, 2.24) is 19.5 Å². The molecule has 0 saturated heterocycles. The molecular formula is C11H13N7O. The summed E-state index contributed by atoms with van der Waals surface area (Å²) in [6, 6.07) is 0. The summed E-state index contributed by atoms with van der Waals surface area (Å²) in [5, 5.41) is 11.5. The van der Waals surface area contributed by atoms with Crippen molar-refractivity contribution in [2.75, 3.05) is 11.4 Å². The Labute approximate surface area is 109 Å². The van der Waals surface area contributed by atoms with Crippen molar-refractivity contribution in [3.63, 3.8) is 0 Å². The highest BCUT2D eigenvalue weighted by Gasteiger charge is 2.18. The lowest BCUT2D eigenvalue weighted by atomic mass is 10.3. The lowest BCUT2D eigenvalue weighted by Gasteiger charge is -2.28. The van der Waals surface area contributed by atoms with Crippen LogP contribution in [-0.2, 0) is 13.1 Å². The fourth-order valence-electron chi connectivity index (χ4n) is 2.04. The molecule has 8 nitrogen and oxygen atoms in total. The summed E-state index contributed by atoms with van der Waals surface area (Å²) in [6.45, 7) is 2.42. The maximum atomic E-state index is 8.57. The van der Waals surface area contributed by atoms with Gasteiger partial charge in [-0.15, -0.1) is 0 Å². The van der Waals surface area contributed by atoms with Crippen molar-refractivity contribution in [2.24, 2.45) is 10.9 Å². The Morgan fingerprint density at radius 3 is 2.89 bits per heavy atom. The molecule has 0 spiro atoms. The number of amidine groups is 1. The fraction of sp³-hybridized carbons (Fsp3) is 0.273. The quantitative estimate of drug-likeness (QED) is 0.334. The van der Waals surface area contributed by atoms with Crippen molar-refractivity contribution in [3.05, 3.63) is 36.3 Å². The number of fused-ring (bicyclic) bond motifs is 1. The van der Waals surface area contributed by atoms with E-state index in [2.05, 4.69) is 29.6 Å². The van der Waals surface area contributed by atoms with Gasteiger partial charge in [0, 0.05) is 25.5 Å². The number of anilines is 1. The second-order valence-electron chi connectivity index (χ2n) is 4.20. The number of hydrogen-bond donors (Lipinski definition) is 2. The van der Waals surface area contributed by atoms with E-state index in [-0.39, 0.29) is 5.84 Å². The molecule has 3 N–H and O–H groups in total. The van der Waals surface area contributed by atoms with Gasteiger partial charge in [-0.25, -0.2) is 15.0 Å². The number of imidazole rings is 1. The van der Waals surface area contributed by atoms with E-state index in [1.54, 1.807) is 12.4 Å². The van der Waals surface area contributed by atoms with Crippen LogP contribution in [0.4, 0.5) is 5.82 Å². The van der Waals surface area contributed by atoms with Crippen molar-refractivity contribution in [2.45, 2.75) is 13.1 Å². The van der Waals surface area contributed by atoms with Crippen molar-refractivity contribution >= 4 is 11.7 Å². The zero-order valence-corrected chi connectivity index (χ0v) is 10.1. The second kappa shape index (κ2) is 4.56. The highest BCUT2D eigenvalue weighted by molar-refractivity contribution is 5.94. The first-order valence-corrected chi connectivity index (χ1v) is 5.83. The van der Waals surface area contributed by atoms with E-state index in [0.29, 0.717) is 12.2 Å². The normalized spacial score (nSPS) is 15.4. The number of rotatable bonds is 2. The van der Waals surface area contributed by atoms with Gasteiger partial charge in [0.1, 0.15) is 17.3 Å². The van der Waals surface area contributed by atoms with Crippen LogP contribution in [0.25, 0.3) is 0 Å². The lowest BCUT2D eigenvalue weighted by Crippen LogP contribution is -2.34. The Morgan fingerprint density at radius 2 is 2.16 bits per heavy atom. The molecule has 0 atom stereocenters. The molecule has 2 aromatic heterocycles. The average Bonchev–Trinajstić information content (AvgIpc) is 2.94. The highest BCUT2D eigenvalue weighted by Crippen LogP contribution is 2.16. The predicted molar refractivity (Wildman–Crippen MR) is 67.8 cm³/mol. The highest BCUT2D eigenvalue weighted by atomic mass is 16.4. The molecule has 3 rings (SSSR count). The minimum atomic E-state index is -0.0479. The van der Waals surface area contributed by atoms with Gasteiger partial charge in [-0.05, 0) is 0 Å². The van der Waals surface area contributed by atoms with E-state index < -0.39 is 0 Å². The zero-order valence-electron chi connectivity index (χ0n) is 10.1. The number of hydrogen-bond acceptors (Lipinski definition) is 6. The van der Waals surface area contributed by atoms with E-state index in [1.165, 1.54) is 6.20 Å². The van der Waals surface area contributed by atoms with Gasteiger partial charge in [-0.2, -0.15) is 0 Å². The molecule has 0 bridgehead atoms. The number of nitrogens with zero attached hydrogens (tertiary/aromatic N) is 6. The number of oxime groups is 1. The maximum Gasteiger partial charge on any atom is 0.190 e. The maximum absolute atomic E-state index is 8.57. The Hall–Kier alpha value is -2.64. The van der Waals surface area contributed by atoms with Gasteiger partial charge in [0.2, 0.25) is 0 Å². The Bertz CT molecular complexity index is 604. The van der Waals surface area contributed by atoms with Gasteiger partial charge < -0.3 is 20.4 Å². The second-order valence-corrected chi connectivity index (χ2v) is 4.20. The molecule has 0 amide bonds. The molecule has 19 heavy (non-hydrogen) atoms. The lowest BCUT2D eigenvalue weighted by molar-refractivity contribution is 0.318. The smallest absolute Gasteiger partial charge is 0.190 e. The molecular weight excluding hydrogens is 246 g/mol. The van der Waals surface area contributed by atoms with Gasteiger partial charge in [-0.3, -0.25) is 0 Å². The van der Waals surface area contributed by atoms with Crippen LogP contribution in [0.1, 0.15) is 11.5 Å². The van der Waals surface area contributed by atoms with Crippen molar-refractivity contribution in [1.29, 1.82) is 0 Å². The summed E-state index contributed by atoms with van der Waals surface area (Å²) in [7, 11) is 0. The topological polar surface area (TPSA) is 105 Å². The molecule has 0 aromatic carbocycles. The Morgan fingerprint density at radius 1 is 1.26 bits per heavy atom. The van der Waals surface area contributed by atoms with Crippen LogP contribution in [0, 0.1) is 0 Å². The third kappa shape index (κ3) is 2.07. The summed E-state index contributed by atoms with van der Waals surface area (Å²) in [6.07, 6.45) is 6.88. The molecule has 3 heterocycles. The third-order valence-corrected chi connectivity index (χ3v) is 3.08. The summed E-state index contributed by atoms with van der Waals surface area (Å²) in [5.74, 6) is 1.71. The summed E-state index contributed by atoms with van der Waals surface area (Å²) < 4.78 is 2.12. The van der Waals surface area contributed by atoms with Crippen LogP contribution in [-0.4, -0.2) is 37.1 Å². The van der Waals surface area contributed by atoms with E-state index in [0.717, 1.165) is 24.7 Å². The molecule has 0 radical (unpaired) electrons. The van der Waals surface area contributed by atoms with Gasteiger partial charge in [0.15, 0.2) is 5.84 Å². The monoisotopic (exact) mass is 259 g/mol. The first-order chi connectivity index (χ1) is 9.28. The van der Waals surface area contributed by atoms with Gasteiger partial charge in [0.25, 0.3) is 0 Å². The first kappa shape index (κ1) is 11.5. The standard InChI is InChI=1S/C11H13N7O/c12-11(16-19)8-5-15-9(6-14-8)18-4-3-17-2-1-13-10(17)7-18/h1-2,5-6,19H,3-4,7H2,(H2,12,16). The first-order valence-electron chi connectivity index (χ1n) is 5.83. The molecule has 0 fully saturated rings. The Kier molecular flexibility index (Phi) is 2.75. The minimum Gasteiger partial charge on any atom is -0.409 e. The van der Waals surface area contributed by atoms with E-state index in [1.807, 2.05) is 6.20 Å². The summed E-state index contributed by atoms with van der Waals surface area (Å²) in [4.78, 5) is 14.8. The molecule has 1 aliphatic heterocycles. The van der Waals surface area contributed by atoms with Crippen LogP contribution in [0.15, 0.2) is 29.9 Å². The van der Waals surface area contributed by atoms with E-state index >= 15 is 0 Å². The van der Waals surface area contributed by atoms with Gasteiger partial charge in [-0.1, -0.05) is 5.16 Å². The van der Waals surface area contributed by atoms with E-state index in [9.17, 15) is 0 Å². The van der Waals surface area contributed by atoms with Crippen LogP contribution < -0.4 is 10.6 Å². The molecule has 1 aliphatic rings. The Balaban J connectivity index is 1.81. The van der Waals surface area contributed by atoms with Gasteiger partial charge >= 0.3 is 0 Å². The fourth-order valence-corrected chi connectivity index (χ4v) is 2.04. The zero-order chi connectivity index (χ0) is 13.2. The van der Waals surface area contributed by atoms with Crippen LogP contribution in [0.2, 0.25) is 0 Å². The molecule has 0 unspecified atom stereocenters. The van der Waals surface area contributed by atoms with Crippen molar-refractivity contribution < 1.29 is 5.21 Å². The minimum absolute atomic E-state index is 0.0479. The molecule has 0 saturated carbocycles. The number of aromatic nitrogens is 4. The van der Waals surface area contributed by atoms with E-state index in [4.69, 9.17) is 10.9 Å². The summed E-state index contributed by atoms with van der Waals surface area (Å²) in [5.41, 5.74) is 5.79. The molecule has 2 aromatic rings. The molecule has 98 valence electrons. The number of nitrogens with two attached hydrogens (primary N) is 1. The predicted octanol–water partition coefficient (Wildman–Crippen LogP) is -0.212.